The average molecular weight is 274 g/mol. The SMILES string of the molecule is CC(C)N1CCC(C)(Oc2ccc3c(c2)CNCC3)C1. The van der Waals surface area contributed by atoms with Crippen LogP contribution in [0.15, 0.2) is 18.2 Å². The number of benzene rings is 1. The zero-order chi connectivity index (χ0) is 14.2. The molecule has 0 aromatic heterocycles. The van der Waals surface area contributed by atoms with Crippen LogP contribution in [0.4, 0.5) is 0 Å². The van der Waals surface area contributed by atoms with Gasteiger partial charge >= 0.3 is 0 Å². The molecule has 0 spiro atoms. The summed E-state index contributed by atoms with van der Waals surface area (Å²) in [6, 6.07) is 7.22. The van der Waals surface area contributed by atoms with Crippen LogP contribution in [0, 0.1) is 0 Å². The highest BCUT2D eigenvalue weighted by atomic mass is 16.5. The lowest BCUT2D eigenvalue weighted by Gasteiger charge is -2.28. The number of hydrogen-bond donors (Lipinski definition) is 1. The summed E-state index contributed by atoms with van der Waals surface area (Å²) in [5.41, 5.74) is 2.83. The monoisotopic (exact) mass is 274 g/mol. The van der Waals surface area contributed by atoms with Gasteiger partial charge in [0.15, 0.2) is 0 Å². The van der Waals surface area contributed by atoms with E-state index in [0.29, 0.717) is 6.04 Å². The average Bonchev–Trinajstić information content (AvgIpc) is 2.81. The summed E-state index contributed by atoms with van der Waals surface area (Å²) in [6.45, 7) is 11.0. The maximum atomic E-state index is 6.34. The molecule has 1 N–H and O–H groups in total. The van der Waals surface area contributed by atoms with Crippen molar-refractivity contribution in [2.75, 3.05) is 19.6 Å². The number of hydrogen-bond acceptors (Lipinski definition) is 3. The highest BCUT2D eigenvalue weighted by molar-refractivity contribution is 5.37. The summed E-state index contributed by atoms with van der Waals surface area (Å²) in [6.07, 6.45) is 2.24. The summed E-state index contributed by atoms with van der Waals surface area (Å²) in [4.78, 5) is 2.50. The Hall–Kier alpha value is -1.06. The first-order chi connectivity index (χ1) is 9.56. The van der Waals surface area contributed by atoms with Crippen molar-refractivity contribution in [2.45, 2.75) is 51.8 Å². The fourth-order valence-corrected chi connectivity index (χ4v) is 3.30. The smallest absolute Gasteiger partial charge is 0.120 e. The Morgan fingerprint density at radius 3 is 2.90 bits per heavy atom. The molecule has 0 bridgehead atoms. The third kappa shape index (κ3) is 2.84. The van der Waals surface area contributed by atoms with Crippen LogP contribution in [0.3, 0.4) is 0 Å². The molecule has 20 heavy (non-hydrogen) atoms. The summed E-state index contributed by atoms with van der Waals surface area (Å²) in [7, 11) is 0. The normalized spacial score (nSPS) is 26.8. The fourth-order valence-electron chi connectivity index (χ4n) is 3.30. The largest absolute Gasteiger partial charge is 0.486 e. The molecule has 3 heteroatoms. The van der Waals surface area contributed by atoms with Crippen molar-refractivity contribution in [3.8, 4) is 5.75 Å². The fraction of sp³-hybridized carbons (Fsp3) is 0.647. The standard InChI is InChI=1S/C17H26N2O/c1-13(2)19-9-7-17(3,12-19)20-16-5-4-14-6-8-18-11-15(14)10-16/h4-5,10,13,18H,6-9,11-12H2,1-3H3. The van der Waals surface area contributed by atoms with Crippen LogP contribution in [0.5, 0.6) is 5.75 Å². The Morgan fingerprint density at radius 2 is 2.15 bits per heavy atom. The topological polar surface area (TPSA) is 24.5 Å². The van der Waals surface area contributed by atoms with Gasteiger partial charge in [-0.25, -0.2) is 0 Å². The molecular weight excluding hydrogens is 248 g/mol. The molecule has 0 saturated carbocycles. The molecule has 1 fully saturated rings. The van der Waals surface area contributed by atoms with Crippen molar-refractivity contribution in [3.05, 3.63) is 29.3 Å². The minimum Gasteiger partial charge on any atom is -0.486 e. The van der Waals surface area contributed by atoms with Crippen molar-refractivity contribution < 1.29 is 4.74 Å². The van der Waals surface area contributed by atoms with E-state index in [4.69, 9.17) is 4.74 Å². The minimum absolute atomic E-state index is 0.0411. The molecular formula is C17H26N2O. The van der Waals surface area contributed by atoms with E-state index in [0.717, 1.165) is 44.8 Å². The van der Waals surface area contributed by atoms with Crippen LogP contribution < -0.4 is 10.1 Å². The van der Waals surface area contributed by atoms with Crippen LogP contribution >= 0.6 is 0 Å². The van der Waals surface area contributed by atoms with E-state index >= 15 is 0 Å². The van der Waals surface area contributed by atoms with Crippen LogP contribution in [0.25, 0.3) is 0 Å². The van der Waals surface area contributed by atoms with Gasteiger partial charge in [-0.3, -0.25) is 4.90 Å². The molecule has 1 aromatic carbocycles. The second-order valence-electron chi connectivity index (χ2n) is 6.72. The number of nitrogens with one attached hydrogen (secondary N) is 1. The Labute approximate surface area is 122 Å². The third-order valence-corrected chi connectivity index (χ3v) is 4.62. The first kappa shape index (κ1) is 13.9. The second kappa shape index (κ2) is 5.38. The van der Waals surface area contributed by atoms with Crippen LogP contribution in [0.2, 0.25) is 0 Å². The van der Waals surface area contributed by atoms with E-state index in [1.165, 1.54) is 11.1 Å². The summed E-state index contributed by atoms with van der Waals surface area (Å²) < 4.78 is 6.34. The van der Waals surface area contributed by atoms with Crippen LogP contribution in [0.1, 0.15) is 38.3 Å². The van der Waals surface area contributed by atoms with Gasteiger partial charge in [0, 0.05) is 32.1 Å². The van der Waals surface area contributed by atoms with E-state index < -0.39 is 0 Å². The van der Waals surface area contributed by atoms with Gasteiger partial charge in [-0.2, -0.15) is 0 Å². The predicted octanol–water partition coefficient (Wildman–Crippen LogP) is 2.58. The van der Waals surface area contributed by atoms with E-state index in [-0.39, 0.29) is 5.60 Å². The Morgan fingerprint density at radius 1 is 1.30 bits per heavy atom. The summed E-state index contributed by atoms with van der Waals surface area (Å²) >= 11 is 0. The van der Waals surface area contributed by atoms with E-state index in [1.54, 1.807) is 0 Å². The second-order valence-corrected chi connectivity index (χ2v) is 6.72. The van der Waals surface area contributed by atoms with Gasteiger partial charge in [-0.1, -0.05) is 6.07 Å². The van der Waals surface area contributed by atoms with Gasteiger partial charge in [-0.05, 0) is 57.0 Å². The number of fused-ring (bicyclic) bond motifs is 1. The molecule has 0 aliphatic carbocycles. The molecule has 3 rings (SSSR count). The number of nitrogens with zero attached hydrogens (tertiary/aromatic N) is 1. The van der Waals surface area contributed by atoms with Crippen LogP contribution in [-0.2, 0) is 13.0 Å². The summed E-state index contributed by atoms with van der Waals surface area (Å²) in [5.74, 6) is 1.03. The lowest BCUT2D eigenvalue weighted by atomic mass is 10.0. The molecule has 1 saturated heterocycles. The molecule has 0 amide bonds. The van der Waals surface area contributed by atoms with E-state index in [2.05, 4.69) is 49.2 Å². The molecule has 2 aliphatic heterocycles. The zero-order valence-electron chi connectivity index (χ0n) is 12.9. The van der Waals surface area contributed by atoms with E-state index in [1.807, 2.05) is 0 Å². The van der Waals surface area contributed by atoms with Gasteiger partial charge in [0.25, 0.3) is 0 Å². The lowest BCUT2D eigenvalue weighted by molar-refractivity contribution is 0.0908. The van der Waals surface area contributed by atoms with Crippen molar-refractivity contribution in [3.63, 3.8) is 0 Å². The van der Waals surface area contributed by atoms with E-state index in [9.17, 15) is 0 Å². The Bertz CT molecular complexity index is 486. The maximum Gasteiger partial charge on any atom is 0.120 e. The lowest BCUT2D eigenvalue weighted by Crippen LogP contribution is -2.38. The van der Waals surface area contributed by atoms with Gasteiger partial charge in [0.1, 0.15) is 11.4 Å². The number of ether oxygens (including phenoxy) is 1. The van der Waals surface area contributed by atoms with Crippen molar-refractivity contribution in [2.24, 2.45) is 0 Å². The molecule has 110 valence electrons. The molecule has 2 heterocycles. The van der Waals surface area contributed by atoms with Gasteiger partial charge < -0.3 is 10.1 Å². The maximum absolute atomic E-state index is 6.34. The third-order valence-electron chi connectivity index (χ3n) is 4.62. The van der Waals surface area contributed by atoms with Crippen molar-refractivity contribution in [1.29, 1.82) is 0 Å². The van der Waals surface area contributed by atoms with Crippen LogP contribution in [-0.4, -0.2) is 36.2 Å². The van der Waals surface area contributed by atoms with Crippen molar-refractivity contribution in [1.82, 2.24) is 10.2 Å². The summed E-state index contributed by atoms with van der Waals surface area (Å²) in [5, 5.41) is 3.43. The minimum atomic E-state index is -0.0411. The Balaban J connectivity index is 1.71. The predicted molar refractivity (Wildman–Crippen MR) is 82.2 cm³/mol. The van der Waals surface area contributed by atoms with Crippen molar-refractivity contribution >= 4 is 0 Å². The highest BCUT2D eigenvalue weighted by Crippen LogP contribution is 2.30. The first-order valence-corrected chi connectivity index (χ1v) is 7.81. The molecule has 1 unspecified atom stereocenters. The number of likely N-dealkylation sites (tertiary alicyclic amines) is 1. The molecule has 1 atom stereocenters. The zero-order valence-corrected chi connectivity index (χ0v) is 12.9. The molecule has 0 radical (unpaired) electrons. The van der Waals surface area contributed by atoms with Gasteiger partial charge in [-0.15, -0.1) is 0 Å². The Kier molecular flexibility index (Phi) is 3.74. The first-order valence-electron chi connectivity index (χ1n) is 7.81. The van der Waals surface area contributed by atoms with Gasteiger partial charge in [0.05, 0.1) is 0 Å². The molecule has 3 nitrogen and oxygen atoms in total. The van der Waals surface area contributed by atoms with Gasteiger partial charge in [0.2, 0.25) is 0 Å². The highest BCUT2D eigenvalue weighted by Gasteiger charge is 2.36. The quantitative estimate of drug-likeness (QED) is 0.917. The molecule has 1 aromatic rings. The molecule has 2 aliphatic rings. The number of rotatable bonds is 3.